The highest BCUT2D eigenvalue weighted by Gasteiger charge is 2.61. The van der Waals surface area contributed by atoms with Gasteiger partial charge in [-0.25, -0.2) is 0 Å². The normalized spacial score (nSPS) is 46.3. The number of hydrogen-bond acceptors (Lipinski definition) is 3. The topological polar surface area (TPSA) is 49.7 Å². The van der Waals surface area contributed by atoms with E-state index in [9.17, 15) is 9.90 Å². The minimum Gasteiger partial charge on any atom is -0.432 e. The van der Waals surface area contributed by atoms with Crippen LogP contribution in [-0.2, 0) is 4.43 Å². The van der Waals surface area contributed by atoms with Gasteiger partial charge >= 0.3 is 0 Å². The van der Waals surface area contributed by atoms with Crippen molar-refractivity contribution in [3.05, 3.63) is 0 Å². The van der Waals surface area contributed by atoms with Crippen LogP contribution in [0.2, 0.25) is 25.7 Å². The van der Waals surface area contributed by atoms with Crippen LogP contribution in [-0.4, -0.2) is 36.8 Å². The SMILES string of the molecule is CC1(O)C[Si](C)(O)[Si](C)(C)OC1(C)C. The van der Waals surface area contributed by atoms with E-state index in [0.717, 1.165) is 0 Å². The second kappa shape index (κ2) is 2.92. The van der Waals surface area contributed by atoms with Gasteiger partial charge in [0.2, 0.25) is 15.7 Å². The summed E-state index contributed by atoms with van der Waals surface area (Å²) in [5.41, 5.74) is -1.46. The lowest BCUT2D eigenvalue weighted by Crippen LogP contribution is -2.73. The van der Waals surface area contributed by atoms with Gasteiger partial charge in [-0.05, 0) is 46.5 Å². The molecule has 0 radical (unpaired) electrons. The van der Waals surface area contributed by atoms with Crippen LogP contribution in [0.1, 0.15) is 20.8 Å². The van der Waals surface area contributed by atoms with Crippen molar-refractivity contribution in [3.63, 3.8) is 0 Å². The highest BCUT2D eigenvalue weighted by molar-refractivity contribution is 7.35. The molecule has 1 rings (SSSR count). The summed E-state index contributed by atoms with van der Waals surface area (Å²) in [7, 11) is -4.38. The second-order valence-corrected chi connectivity index (χ2v) is 18.8. The molecule has 1 fully saturated rings. The Hall–Kier alpha value is 0.314. The molecule has 0 aromatic rings. The zero-order chi connectivity index (χ0) is 11.4. The van der Waals surface area contributed by atoms with E-state index in [-0.39, 0.29) is 0 Å². The van der Waals surface area contributed by atoms with Crippen molar-refractivity contribution in [1.82, 2.24) is 0 Å². The molecule has 1 aliphatic rings. The zero-order valence-electron chi connectivity index (χ0n) is 10.0. The van der Waals surface area contributed by atoms with Crippen LogP contribution in [0.5, 0.6) is 0 Å². The van der Waals surface area contributed by atoms with E-state index >= 15 is 0 Å². The molecule has 3 nitrogen and oxygen atoms in total. The molecule has 1 saturated heterocycles. The molecule has 0 aromatic carbocycles. The average Bonchev–Trinajstić information content (AvgIpc) is 1.78. The molecule has 0 spiro atoms. The van der Waals surface area contributed by atoms with Crippen LogP contribution < -0.4 is 0 Å². The number of aliphatic hydroxyl groups is 1. The number of hydrogen-bond donors (Lipinski definition) is 2. The van der Waals surface area contributed by atoms with Crippen LogP contribution >= 0.6 is 0 Å². The summed E-state index contributed by atoms with van der Waals surface area (Å²) in [5, 5.41) is 10.2. The van der Waals surface area contributed by atoms with Crippen LogP contribution in [0.25, 0.3) is 0 Å². The summed E-state index contributed by atoms with van der Waals surface area (Å²) >= 11 is 0. The summed E-state index contributed by atoms with van der Waals surface area (Å²) in [5.74, 6) is 0. The van der Waals surface area contributed by atoms with E-state index in [4.69, 9.17) is 4.43 Å². The fraction of sp³-hybridized carbons (Fsp3) is 1.00. The van der Waals surface area contributed by atoms with Crippen molar-refractivity contribution in [2.24, 2.45) is 0 Å². The minimum absolute atomic E-state index is 0.520. The molecule has 2 N–H and O–H groups in total. The molecule has 0 amide bonds. The van der Waals surface area contributed by atoms with Gasteiger partial charge in [0.1, 0.15) is 0 Å². The summed E-state index contributed by atoms with van der Waals surface area (Å²) < 4.78 is 5.99. The van der Waals surface area contributed by atoms with Crippen molar-refractivity contribution >= 4 is 15.7 Å². The molecule has 14 heavy (non-hydrogen) atoms. The van der Waals surface area contributed by atoms with Gasteiger partial charge in [-0.1, -0.05) is 0 Å². The predicted molar refractivity (Wildman–Crippen MR) is 61.9 cm³/mol. The summed E-state index contributed by atoms with van der Waals surface area (Å²) in [6, 6.07) is 0.520. The standard InChI is InChI=1S/C9H22O3Si2/c1-8(2)9(3,10)7-14(6,11)13(4,5)12-8/h10-11H,7H2,1-6H3. The Kier molecular flexibility index (Phi) is 2.58. The molecule has 2 unspecified atom stereocenters. The van der Waals surface area contributed by atoms with Gasteiger partial charge < -0.3 is 14.3 Å². The summed E-state index contributed by atoms with van der Waals surface area (Å²) in [6.45, 7) is 11.6. The Morgan fingerprint density at radius 3 is 1.93 bits per heavy atom. The minimum atomic E-state index is -2.38. The first-order valence-electron chi connectivity index (χ1n) is 5.06. The van der Waals surface area contributed by atoms with Crippen molar-refractivity contribution in [1.29, 1.82) is 0 Å². The Balaban J connectivity index is 3.07. The van der Waals surface area contributed by atoms with E-state index in [1.54, 1.807) is 6.92 Å². The van der Waals surface area contributed by atoms with E-state index in [1.807, 2.05) is 20.4 Å². The monoisotopic (exact) mass is 234 g/mol. The molecule has 1 heterocycles. The van der Waals surface area contributed by atoms with Crippen molar-refractivity contribution in [3.8, 4) is 0 Å². The molecule has 1 aliphatic heterocycles. The van der Waals surface area contributed by atoms with Crippen LogP contribution in [0.15, 0.2) is 0 Å². The fourth-order valence-corrected chi connectivity index (χ4v) is 9.60. The van der Waals surface area contributed by atoms with Gasteiger partial charge in [0.25, 0.3) is 0 Å². The molecule has 2 atom stereocenters. The first kappa shape index (κ1) is 12.4. The number of rotatable bonds is 0. The largest absolute Gasteiger partial charge is 0.432 e. The molecule has 0 saturated carbocycles. The summed E-state index contributed by atoms with van der Waals surface area (Å²) in [4.78, 5) is 10.4. The first-order chi connectivity index (χ1) is 5.91. The highest BCUT2D eigenvalue weighted by atomic mass is 29.3. The maximum Gasteiger partial charge on any atom is 0.206 e. The predicted octanol–water partition coefficient (Wildman–Crippen LogP) is 1.40. The van der Waals surface area contributed by atoms with Gasteiger partial charge in [0, 0.05) is 0 Å². The average molecular weight is 234 g/mol. The molecule has 0 aromatic heterocycles. The maximum absolute atomic E-state index is 10.4. The van der Waals surface area contributed by atoms with Gasteiger partial charge in [-0.15, -0.1) is 0 Å². The zero-order valence-corrected chi connectivity index (χ0v) is 12.0. The van der Waals surface area contributed by atoms with Crippen LogP contribution in [0, 0.1) is 0 Å². The second-order valence-electron chi connectivity index (χ2n) is 5.85. The van der Waals surface area contributed by atoms with Gasteiger partial charge in [0.15, 0.2) is 0 Å². The third-order valence-corrected chi connectivity index (χ3v) is 17.4. The van der Waals surface area contributed by atoms with E-state index in [0.29, 0.717) is 6.04 Å². The smallest absolute Gasteiger partial charge is 0.206 e. The van der Waals surface area contributed by atoms with Crippen LogP contribution in [0.4, 0.5) is 0 Å². The molecular formula is C9H22O3Si2. The Morgan fingerprint density at radius 2 is 1.57 bits per heavy atom. The lowest BCUT2D eigenvalue weighted by Gasteiger charge is -2.55. The van der Waals surface area contributed by atoms with Crippen molar-refractivity contribution < 1.29 is 14.3 Å². The molecular weight excluding hydrogens is 212 g/mol. The first-order valence-corrected chi connectivity index (χ1v) is 11.6. The van der Waals surface area contributed by atoms with Gasteiger partial charge in [-0.2, -0.15) is 0 Å². The Morgan fingerprint density at radius 1 is 1.14 bits per heavy atom. The third-order valence-electron chi connectivity index (χ3n) is 3.79. The molecule has 5 heteroatoms. The molecule has 0 bridgehead atoms. The van der Waals surface area contributed by atoms with Crippen molar-refractivity contribution in [2.45, 2.75) is 57.7 Å². The third kappa shape index (κ3) is 1.72. The van der Waals surface area contributed by atoms with Gasteiger partial charge in [0.05, 0.1) is 11.2 Å². The Labute approximate surface area is 88.2 Å². The van der Waals surface area contributed by atoms with Crippen LogP contribution in [0.3, 0.4) is 0 Å². The lowest BCUT2D eigenvalue weighted by atomic mass is 9.90. The molecule has 0 aliphatic carbocycles. The fourth-order valence-electron chi connectivity index (χ4n) is 1.95. The summed E-state index contributed by atoms with van der Waals surface area (Å²) in [6.07, 6.45) is 0. The van der Waals surface area contributed by atoms with E-state index in [1.165, 1.54) is 0 Å². The molecule has 84 valence electrons. The van der Waals surface area contributed by atoms with Crippen molar-refractivity contribution in [2.75, 3.05) is 0 Å². The van der Waals surface area contributed by atoms with E-state index < -0.39 is 26.9 Å². The highest BCUT2D eigenvalue weighted by Crippen LogP contribution is 2.43. The maximum atomic E-state index is 10.4. The Bertz CT molecular complexity index is 196. The van der Waals surface area contributed by atoms with E-state index in [2.05, 4.69) is 13.1 Å². The van der Waals surface area contributed by atoms with Gasteiger partial charge in [-0.3, -0.25) is 0 Å². The lowest BCUT2D eigenvalue weighted by molar-refractivity contribution is -0.103. The quantitative estimate of drug-likeness (QED) is 0.623.